The summed E-state index contributed by atoms with van der Waals surface area (Å²) in [6.45, 7) is 0. The number of anilines is 1. The number of aromatic hydroxyl groups is 1. The van der Waals surface area contributed by atoms with Gasteiger partial charge in [0.05, 0.1) is 29.1 Å². The summed E-state index contributed by atoms with van der Waals surface area (Å²) in [6, 6.07) is 21.9. The Hall–Kier alpha value is -4.52. The van der Waals surface area contributed by atoms with Gasteiger partial charge in [-0.3, -0.25) is 9.36 Å². The van der Waals surface area contributed by atoms with Crippen molar-refractivity contribution in [3.05, 3.63) is 97.1 Å². The Kier molecular flexibility index (Phi) is 4.61. The zero-order valence-corrected chi connectivity index (χ0v) is 16.3. The van der Waals surface area contributed by atoms with Gasteiger partial charge in [-0.1, -0.05) is 24.3 Å². The second-order valence-corrected chi connectivity index (χ2v) is 6.95. The number of hydrogen-bond acceptors (Lipinski definition) is 5. The number of phenols is 1. The average molecular weight is 407 g/mol. The molecular formula is C24H17N5O2. The van der Waals surface area contributed by atoms with E-state index in [0.717, 1.165) is 16.7 Å². The Morgan fingerprint density at radius 1 is 0.871 bits per heavy atom. The number of aromatic nitrogens is 4. The van der Waals surface area contributed by atoms with Gasteiger partial charge in [0, 0.05) is 16.8 Å². The number of hydrogen-bond donors (Lipinski definition) is 2. The van der Waals surface area contributed by atoms with Crippen molar-refractivity contribution in [3.63, 3.8) is 0 Å². The summed E-state index contributed by atoms with van der Waals surface area (Å²) in [5.74, 6) is 0.354. The van der Waals surface area contributed by atoms with Gasteiger partial charge < -0.3 is 10.4 Å². The molecule has 0 aliphatic heterocycles. The SMILES string of the molecule is O=C(Nc1cnc(-c2cccc(O)c2)nc1)c1ccc(-n2cnc3ccccc32)cc1. The molecule has 1 amide bonds. The smallest absolute Gasteiger partial charge is 0.255 e. The minimum Gasteiger partial charge on any atom is -0.508 e. The second kappa shape index (κ2) is 7.72. The van der Waals surface area contributed by atoms with Crippen LogP contribution in [0.1, 0.15) is 10.4 Å². The van der Waals surface area contributed by atoms with Crippen molar-refractivity contribution >= 4 is 22.6 Å². The summed E-state index contributed by atoms with van der Waals surface area (Å²) in [7, 11) is 0. The molecule has 0 saturated heterocycles. The molecule has 0 aliphatic rings. The minimum atomic E-state index is -0.254. The summed E-state index contributed by atoms with van der Waals surface area (Å²) in [5, 5.41) is 12.4. The predicted molar refractivity (Wildman–Crippen MR) is 118 cm³/mol. The Balaban J connectivity index is 1.31. The van der Waals surface area contributed by atoms with Gasteiger partial charge in [0.25, 0.3) is 5.91 Å². The number of nitrogens with one attached hydrogen (secondary N) is 1. The van der Waals surface area contributed by atoms with Crippen LogP contribution in [0.25, 0.3) is 28.1 Å². The van der Waals surface area contributed by atoms with Crippen LogP contribution in [-0.2, 0) is 0 Å². The highest BCUT2D eigenvalue weighted by Crippen LogP contribution is 2.21. The van der Waals surface area contributed by atoms with Crippen LogP contribution in [0, 0.1) is 0 Å². The fourth-order valence-corrected chi connectivity index (χ4v) is 3.33. The van der Waals surface area contributed by atoms with Gasteiger partial charge in [0.15, 0.2) is 5.82 Å². The number of nitrogens with zero attached hydrogens (tertiary/aromatic N) is 4. The topological polar surface area (TPSA) is 92.9 Å². The lowest BCUT2D eigenvalue weighted by Crippen LogP contribution is -2.12. The monoisotopic (exact) mass is 407 g/mol. The summed E-state index contributed by atoms with van der Waals surface area (Å²) < 4.78 is 1.98. The Morgan fingerprint density at radius 2 is 1.65 bits per heavy atom. The number of imidazole rings is 1. The van der Waals surface area contributed by atoms with Crippen molar-refractivity contribution in [3.8, 4) is 22.8 Å². The molecule has 0 fully saturated rings. The van der Waals surface area contributed by atoms with Crippen LogP contribution >= 0.6 is 0 Å². The fraction of sp³-hybridized carbons (Fsp3) is 0. The summed E-state index contributed by atoms with van der Waals surface area (Å²) in [4.78, 5) is 25.5. The molecular weight excluding hydrogens is 390 g/mol. The standard InChI is InChI=1S/C24H17N5O2/c30-20-5-3-4-17(12-20)23-25-13-18(14-26-23)28-24(31)16-8-10-19(11-9-16)29-15-27-21-6-1-2-7-22(21)29/h1-15,30H,(H,28,31). The molecule has 0 aliphatic carbocycles. The van der Waals surface area contributed by atoms with Crippen LogP contribution < -0.4 is 5.32 Å². The molecule has 2 heterocycles. The first kappa shape index (κ1) is 18.5. The Morgan fingerprint density at radius 3 is 2.42 bits per heavy atom. The molecule has 0 unspecified atom stereocenters. The van der Waals surface area contributed by atoms with Crippen LogP contribution in [0.15, 0.2) is 91.5 Å². The molecule has 0 radical (unpaired) electrons. The number of carbonyl (C=O) groups is 1. The highest BCUT2D eigenvalue weighted by atomic mass is 16.3. The number of para-hydroxylation sites is 2. The molecule has 2 aromatic heterocycles. The van der Waals surface area contributed by atoms with E-state index >= 15 is 0 Å². The number of rotatable bonds is 4. The Labute approximate surface area is 177 Å². The van der Waals surface area contributed by atoms with Gasteiger partial charge in [-0.05, 0) is 48.5 Å². The third-order valence-electron chi connectivity index (χ3n) is 4.88. The van der Waals surface area contributed by atoms with E-state index in [0.29, 0.717) is 22.6 Å². The summed E-state index contributed by atoms with van der Waals surface area (Å²) in [6.07, 6.45) is 4.84. The van der Waals surface area contributed by atoms with E-state index in [9.17, 15) is 9.90 Å². The zero-order chi connectivity index (χ0) is 21.2. The molecule has 0 bridgehead atoms. The Bertz CT molecular complexity index is 1380. The zero-order valence-electron chi connectivity index (χ0n) is 16.3. The van der Waals surface area contributed by atoms with E-state index in [1.807, 2.05) is 41.0 Å². The lowest BCUT2D eigenvalue weighted by atomic mass is 10.2. The van der Waals surface area contributed by atoms with Crippen LogP contribution in [0.4, 0.5) is 5.69 Å². The van der Waals surface area contributed by atoms with E-state index in [1.54, 1.807) is 42.7 Å². The third-order valence-corrected chi connectivity index (χ3v) is 4.88. The average Bonchev–Trinajstić information content (AvgIpc) is 3.24. The minimum absolute atomic E-state index is 0.144. The normalized spacial score (nSPS) is 10.8. The number of phenolic OH excluding ortho intramolecular Hbond substituents is 1. The van der Waals surface area contributed by atoms with Gasteiger partial charge in [-0.2, -0.15) is 0 Å². The largest absolute Gasteiger partial charge is 0.508 e. The number of fused-ring (bicyclic) bond motifs is 1. The van der Waals surface area contributed by atoms with Crippen molar-refractivity contribution < 1.29 is 9.90 Å². The van der Waals surface area contributed by atoms with Crippen molar-refractivity contribution in [2.75, 3.05) is 5.32 Å². The lowest BCUT2D eigenvalue weighted by molar-refractivity contribution is 0.102. The molecule has 31 heavy (non-hydrogen) atoms. The molecule has 5 aromatic rings. The first-order chi connectivity index (χ1) is 15.2. The summed E-state index contributed by atoms with van der Waals surface area (Å²) in [5.41, 5.74) is 4.54. The van der Waals surface area contributed by atoms with Crippen LogP contribution in [0.3, 0.4) is 0 Å². The van der Waals surface area contributed by atoms with Crippen LogP contribution in [-0.4, -0.2) is 30.5 Å². The van der Waals surface area contributed by atoms with Gasteiger partial charge in [0.2, 0.25) is 0 Å². The number of amides is 1. The number of carbonyl (C=O) groups excluding carboxylic acids is 1. The van der Waals surface area contributed by atoms with E-state index in [2.05, 4.69) is 20.3 Å². The molecule has 0 saturated carbocycles. The molecule has 150 valence electrons. The van der Waals surface area contributed by atoms with E-state index in [4.69, 9.17) is 0 Å². The predicted octanol–water partition coefficient (Wildman–Crippen LogP) is 4.44. The van der Waals surface area contributed by atoms with Gasteiger partial charge in [-0.15, -0.1) is 0 Å². The first-order valence-electron chi connectivity index (χ1n) is 9.63. The fourth-order valence-electron chi connectivity index (χ4n) is 3.33. The molecule has 7 heteroatoms. The molecule has 3 aromatic carbocycles. The van der Waals surface area contributed by atoms with Crippen LogP contribution in [0.2, 0.25) is 0 Å². The maximum atomic E-state index is 12.6. The maximum absolute atomic E-state index is 12.6. The van der Waals surface area contributed by atoms with E-state index in [1.165, 1.54) is 12.4 Å². The molecule has 7 nitrogen and oxygen atoms in total. The third kappa shape index (κ3) is 3.72. The van der Waals surface area contributed by atoms with E-state index in [-0.39, 0.29) is 11.7 Å². The van der Waals surface area contributed by atoms with Crippen molar-refractivity contribution in [1.82, 2.24) is 19.5 Å². The number of benzene rings is 3. The second-order valence-electron chi connectivity index (χ2n) is 6.95. The quantitative estimate of drug-likeness (QED) is 0.459. The maximum Gasteiger partial charge on any atom is 0.255 e. The van der Waals surface area contributed by atoms with Gasteiger partial charge in [-0.25, -0.2) is 15.0 Å². The lowest BCUT2D eigenvalue weighted by Gasteiger charge is -2.08. The van der Waals surface area contributed by atoms with Gasteiger partial charge in [0.1, 0.15) is 12.1 Å². The molecule has 5 rings (SSSR count). The molecule has 0 atom stereocenters. The highest BCUT2D eigenvalue weighted by Gasteiger charge is 2.09. The van der Waals surface area contributed by atoms with Gasteiger partial charge >= 0.3 is 0 Å². The summed E-state index contributed by atoms with van der Waals surface area (Å²) >= 11 is 0. The van der Waals surface area contributed by atoms with Crippen molar-refractivity contribution in [1.29, 1.82) is 0 Å². The first-order valence-corrected chi connectivity index (χ1v) is 9.63. The van der Waals surface area contributed by atoms with Crippen molar-refractivity contribution in [2.24, 2.45) is 0 Å². The van der Waals surface area contributed by atoms with Crippen molar-refractivity contribution in [2.45, 2.75) is 0 Å². The molecule has 2 N–H and O–H groups in total. The highest BCUT2D eigenvalue weighted by molar-refractivity contribution is 6.04. The van der Waals surface area contributed by atoms with Crippen LogP contribution in [0.5, 0.6) is 5.75 Å². The molecule has 0 spiro atoms. The van der Waals surface area contributed by atoms with E-state index < -0.39 is 0 Å².